The van der Waals surface area contributed by atoms with E-state index in [1.165, 1.54) is 24.5 Å². The molecule has 208 valence electrons. The molecule has 1 amide bonds. The van der Waals surface area contributed by atoms with E-state index in [-0.39, 0.29) is 10.9 Å². The van der Waals surface area contributed by atoms with E-state index in [1.54, 1.807) is 38.5 Å². The van der Waals surface area contributed by atoms with E-state index in [2.05, 4.69) is 25.5 Å². The smallest absolute Gasteiger partial charge is 0.248 e. The van der Waals surface area contributed by atoms with E-state index < -0.39 is 5.82 Å². The Balaban J connectivity index is 1.54. The maximum Gasteiger partial charge on any atom is 0.248 e. The lowest BCUT2D eigenvalue weighted by Crippen LogP contribution is -2.31. The van der Waals surface area contributed by atoms with E-state index in [1.807, 2.05) is 0 Å². The minimum atomic E-state index is -0.509. The molecule has 0 unspecified atom stereocenters. The Hall–Kier alpha value is -3.31. The van der Waals surface area contributed by atoms with E-state index in [0.717, 1.165) is 25.9 Å². The van der Waals surface area contributed by atoms with Gasteiger partial charge in [-0.15, -0.1) is 0 Å². The van der Waals surface area contributed by atoms with Gasteiger partial charge in [0, 0.05) is 57.1 Å². The Morgan fingerprint density at radius 1 is 1.15 bits per heavy atom. The van der Waals surface area contributed by atoms with Crippen LogP contribution < -0.4 is 15.4 Å². The van der Waals surface area contributed by atoms with Crippen LogP contribution in [0.4, 0.5) is 21.6 Å². The molecular formula is C28H33ClFN5O4. The van der Waals surface area contributed by atoms with Crippen molar-refractivity contribution in [1.29, 1.82) is 0 Å². The fourth-order valence-electron chi connectivity index (χ4n) is 3.82. The molecule has 1 heterocycles. The minimum Gasteiger partial charge on any atom is -0.491 e. The summed E-state index contributed by atoms with van der Waals surface area (Å²) in [5.41, 5.74) is 1.70. The maximum atomic E-state index is 13.6. The van der Waals surface area contributed by atoms with Crippen molar-refractivity contribution in [3.8, 4) is 5.75 Å². The zero-order chi connectivity index (χ0) is 27.6. The number of benzene rings is 2. The number of aromatic nitrogens is 2. The van der Waals surface area contributed by atoms with Crippen LogP contribution >= 0.6 is 11.6 Å². The molecule has 11 heteroatoms. The molecule has 9 nitrogen and oxygen atoms in total. The summed E-state index contributed by atoms with van der Waals surface area (Å²) in [6.07, 6.45) is 7.01. The zero-order valence-electron chi connectivity index (χ0n) is 22.1. The van der Waals surface area contributed by atoms with Crippen LogP contribution in [0, 0.1) is 11.7 Å². The Morgan fingerprint density at radius 3 is 2.62 bits per heavy atom. The fraction of sp³-hybridized carbons (Fsp3) is 0.393. The Kier molecular flexibility index (Phi) is 10.4. The van der Waals surface area contributed by atoms with Gasteiger partial charge in [0.1, 0.15) is 23.7 Å². The van der Waals surface area contributed by atoms with Gasteiger partial charge in [-0.05, 0) is 43.0 Å². The van der Waals surface area contributed by atoms with Crippen LogP contribution in [0.25, 0.3) is 10.9 Å². The lowest BCUT2D eigenvalue weighted by Gasteiger charge is -2.19. The number of anilines is 3. The molecule has 2 N–H and O–H groups in total. The predicted octanol–water partition coefficient (Wildman–Crippen LogP) is 5.04. The number of fused-ring (bicyclic) bond motifs is 1. The molecule has 0 atom stereocenters. The van der Waals surface area contributed by atoms with Crippen molar-refractivity contribution < 1.29 is 23.4 Å². The number of nitrogens with one attached hydrogen (secondary N) is 2. The third-order valence-electron chi connectivity index (χ3n) is 6.20. The van der Waals surface area contributed by atoms with Crippen LogP contribution in [0.5, 0.6) is 5.75 Å². The van der Waals surface area contributed by atoms with Crippen LogP contribution in [0.1, 0.15) is 12.8 Å². The number of methoxy groups -OCH3 is 2. The summed E-state index contributed by atoms with van der Waals surface area (Å²) in [4.78, 5) is 23.8. The van der Waals surface area contributed by atoms with Crippen molar-refractivity contribution in [2.75, 3.05) is 64.3 Å². The molecule has 1 aliphatic carbocycles. The number of ether oxygens (including phenoxy) is 3. The molecule has 1 aromatic heterocycles. The van der Waals surface area contributed by atoms with Gasteiger partial charge in [0.2, 0.25) is 5.91 Å². The highest BCUT2D eigenvalue weighted by Gasteiger charge is 2.23. The van der Waals surface area contributed by atoms with Crippen LogP contribution in [-0.2, 0) is 14.3 Å². The van der Waals surface area contributed by atoms with Crippen LogP contribution in [0.15, 0.2) is 48.8 Å². The molecule has 1 fully saturated rings. The highest BCUT2D eigenvalue weighted by molar-refractivity contribution is 6.31. The number of hydrogen-bond donors (Lipinski definition) is 2. The van der Waals surface area contributed by atoms with Crippen LogP contribution in [0.2, 0.25) is 5.02 Å². The Bertz CT molecular complexity index is 1300. The summed E-state index contributed by atoms with van der Waals surface area (Å²) >= 11 is 5.94. The van der Waals surface area contributed by atoms with Crippen molar-refractivity contribution in [2.45, 2.75) is 12.8 Å². The summed E-state index contributed by atoms with van der Waals surface area (Å²) in [7, 11) is 3.32. The number of amides is 1. The standard InChI is InChI=1S/C28H33ClFN5O4/c1-37-12-10-35(11-13-38-2)9-3-4-27(36)34-25-15-21-24(16-26(25)39-17-19-5-6-19)31-18-32-28(21)33-20-7-8-23(30)22(29)14-20/h3-4,7-8,14-16,18-19H,5-6,9-13,17H2,1-2H3,(H,34,36)(H,31,32,33)/b4-3+. The van der Waals surface area contributed by atoms with Gasteiger partial charge in [0.15, 0.2) is 0 Å². The van der Waals surface area contributed by atoms with E-state index in [9.17, 15) is 9.18 Å². The Labute approximate surface area is 232 Å². The van der Waals surface area contributed by atoms with Gasteiger partial charge in [-0.2, -0.15) is 0 Å². The molecule has 0 aliphatic heterocycles. The van der Waals surface area contributed by atoms with Crippen LogP contribution in [0.3, 0.4) is 0 Å². The molecule has 0 radical (unpaired) electrons. The first-order chi connectivity index (χ1) is 19.0. The van der Waals surface area contributed by atoms with Gasteiger partial charge in [-0.3, -0.25) is 9.69 Å². The van der Waals surface area contributed by atoms with Crippen molar-refractivity contribution in [3.63, 3.8) is 0 Å². The topological polar surface area (TPSA) is 97.8 Å². The van der Waals surface area contributed by atoms with E-state index >= 15 is 0 Å². The van der Waals surface area contributed by atoms with Gasteiger partial charge in [0.25, 0.3) is 0 Å². The van der Waals surface area contributed by atoms with Gasteiger partial charge < -0.3 is 24.8 Å². The monoisotopic (exact) mass is 557 g/mol. The number of rotatable bonds is 15. The van der Waals surface area contributed by atoms with Crippen molar-refractivity contribution in [1.82, 2.24) is 14.9 Å². The first-order valence-electron chi connectivity index (χ1n) is 12.8. The molecule has 0 saturated heterocycles. The number of nitrogens with zero attached hydrogens (tertiary/aromatic N) is 3. The van der Waals surface area contributed by atoms with Gasteiger partial charge >= 0.3 is 0 Å². The summed E-state index contributed by atoms with van der Waals surface area (Å²) < 4.78 is 30.0. The van der Waals surface area contributed by atoms with Crippen LogP contribution in [-0.4, -0.2) is 74.4 Å². The summed E-state index contributed by atoms with van der Waals surface area (Å²) in [6, 6.07) is 7.90. The Morgan fingerprint density at radius 2 is 1.92 bits per heavy atom. The quantitative estimate of drug-likeness (QED) is 0.251. The average Bonchev–Trinajstić information content (AvgIpc) is 3.76. The predicted molar refractivity (Wildman–Crippen MR) is 150 cm³/mol. The molecule has 2 aromatic carbocycles. The SMILES string of the molecule is COCCN(C/C=C/C(=O)Nc1cc2c(Nc3ccc(F)c(Cl)c3)ncnc2cc1OCC1CC1)CCOC. The van der Waals surface area contributed by atoms with E-state index in [0.29, 0.717) is 66.1 Å². The zero-order valence-corrected chi connectivity index (χ0v) is 22.8. The van der Waals surface area contributed by atoms with Gasteiger partial charge in [0.05, 0.1) is 36.0 Å². The average molecular weight is 558 g/mol. The lowest BCUT2D eigenvalue weighted by atomic mass is 10.1. The maximum absolute atomic E-state index is 13.6. The molecular weight excluding hydrogens is 525 g/mol. The number of carbonyl (C=O) groups is 1. The van der Waals surface area contributed by atoms with Gasteiger partial charge in [-0.25, -0.2) is 14.4 Å². The molecule has 0 bridgehead atoms. The van der Waals surface area contributed by atoms with Gasteiger partial charge in [-0.1, -0.05) is 17.7 Å². The molecule has 1 saturated carbocycles. The largest absolute Gasteiger partial charge is 0.491 e. The van der Waals surface area contributed by atoms with Crippen molar-refractivity contribution in [3.05, 3.63) is 59.7 Å². The highest BCUT2D eigenvalue weighted by Crippen LogP contribution is 2.36. The highest BCUT2D eigenvalue weighted by atomic mass is 35.5. The molecule has 3 aromatic rings. The molecule has 1 aliphatic rings. The number of hydrogen-bond acceptors (Lipinski definition) is 8. The van der Waals surface area contributed by atoms with Crippen molar-refractivity contribution in [2.24, 2.45) is 5.92 Å². The summed E-state index contributed by atoms with van der Waals surface area (Å²) in [5, 5.41) is 6.75. The van der Waals surface area contributed by atoms with E-state index in [4.69, 9.17) is 25.8 Å². The molecule has 39 heavy (non-hydrogen) atoms. The second-order valence-corrected chi connectivity index (χ2v) is 9.68. The number of halogens is 2. The minimum absolute atomic E-state index is 0.00290. The summed E-state index contributed by atoms with van der Waals surface area (Å²) in [6.45, 7) is 3.78. The first kappa shape index (κ1) is 28.7. The molecule has 0 spiro atoms. The first-order valence-corrected chi connectivity index (χ1v) is 13.2. The van der Waals surface area contributed by atoms with Crippen molar-refractivity contribution >= 4 is 45.6 Å². The number of carbonyl (C=O) groups excluding carboxylic acids is 1. The molecule has 4 rings (SSSR count). The second kappa shape index (κ2) is 14.2. The lowest BCUT2D eigenvalue weighted by molar-refractivity contribution is -0.111. The summed E-state index contributed by atoms with van der Waals surface area (Å²) in [5.74, 6) is 0.744. The second-order valence-electron chi connectivity index (χ2n) is 9.27. The normalized spacial score (nSPS) is 13.4. The fourth-order valence-corrected chi connectivity index (χ4v) is 4.00. The third-order valence-corrected chi connectivity index (χ3v) is 6.49. The third kappa shape index (κ3) is 8.59.